The normalized spacial score (nSPS) is 11.1. The maximum absolute atomic E-state index is 11.9. The number of oxime groups is 1. The van der Waals surface area contributed by atoms with Crippen LogP contribution in [0.3, 0.4) is 0 Å². The molecule has 0 radical (unpaired) electrons. The molecule has 2 N–H and O–H groups in total. The Bertz CT molecular complexity index is 570. The number of nitrogens with one attached hydrogen (secondary N) is 1. The first kappa shape index (κ1) is 12.7. The fourth-order valence-corrected chi connectivity index (χ4v) is 1.48. The standard InChI is InChI=1S/C13H12N4O2/c18-13(16-9-10-4-3-6-14-8-10)12(17-19)11-5-1-2-7-15-11/h1-8,19H,9H2,(H,16,18)/b17-12+. The lowest BCUT2D eigenvalue weighted by molar-refractivity contribution is -0.115. The third-order valence-electron chi connectivity index (χ3n) is 2.40. The first-order valence-corrected chi connectivity index (χ1v) is 5.62. The van der Waals surface area contributed by atoms with Crippen molar-refractivity contribution in [2.24, 2.45) is 5.16 Å². The van der Waals surface area contributed by atoms with Gasteiger partial charge in [-0.2, -0.15) is 0 Å². The summed E-state index contributed by atoms with van der Waals surface area (Å²) < 4.78 is 0. The lowest BCUT2D eigenvalue weighted by Crippen LogP contribution is -2.31. The summed E-state index contributed by atoms with van der Waals surface area (Å²) in [5, 5.41) is 14.6. The molecule has 2 aromatic heterocycles. The van der Waals surface area contributed by atoms with Gasteiger partial charge in [0, 0.05) is 25.1 Å². The first-order chi connectivity index (χ1) is 9.31. The number of nitrogens with zero attached hydrogens (tertiary/aromatic N) is 3. The third-order valence-corrected chi connectivity index (χ3v) is 2.40. The van der Waals surface area contributed by atoms with Gasteiger partial charge in [-0.05, 0) is 23.8 Å². The monoisotopic (exact) mass is 256 g/mol. The van der Waals surface area contributed by atoms with Gasteiger partial charge in [-0.3, -0.25) is 14.8 Å². The summed E-state index contributed by atoms with van der Waals surface area (Å²) in [6.07, 6.45) is 4.82. The lowest BCUT2D eigenvalue weighted by atomic mass is 10.2. The van der Waals surface area contributed by atoms with E-state index in [4.69, 9.17) is 5.21 Å². The van der Waals surface area contributed by atoms with Crippen molar-refractivity contribution in [1.29, 1.82) is 0 Å². The SMILES string of the molecule is O=C(NCc1cccnc1)/C(=N/O)c1ccccn1. The number of rotatable bonds is 4. The molecule has 96 valence electrons. The largest absolute Gasteiger partial charge is 0.410 e. The maximum Gasteiger partial charge on any atom is 0.275 e. The van der Waals surface area contributed by atoms with Gasteiger partial charge in [0.25, 0.3) is 5.91 Å². The highest BCUT2D eigenvalue weighted by Gasteiger charge is 2.15. The Morgan fingerprint density at radius 3 is 2.79 bits per heavy atom. The van der Waals surface area contributed by atoms with Crippen molar-refractivity contribution in [2.45, 2.75) is 6.54 Å². The minimum absolute atomic E-state index is 0.121. The van der Waals surface area contributed by atoms with Crippen LogP contribution in [0.25, 0.3) is 0 Å². The summed E-state index contributed by atoms with van der Waals surface area (Å²) in [7, 11) is 0. The van der Waals surface area contributed by atoms with Crippen LogP contribution < -0.4 is 5.32 Å². The van der Waals surface area contributed by atoms with E-state index in [9.17, 15) is 4.79 Å². The molecule has 1 amide bonds. The maximum atomic E-state index is 11.9. The summed E-state index contributed by atoms with van der Waals surface area (Å²) in [5.74, 6) is -0.495. The molecular weight excluding hydrogens is 244 g/mol. The van der Waals surface area contributed by atoms with Gasteiger partial charge in [0.1, 0.15) is 0 Å². The zero-order valence-corrected chi connectivity index (χ0v) is 10.0. The van der Waals surface area contributed by atoms with Crippen LogP contribution in [0.1, 0.15) is 11.3 Å². The zero-order valence-electron chi connectivity index (χ0n) is 10.0. The molecule has 6 nitrogen and oxygen atoms in total. The molecule has 2 rings (SSSR count). The molecule has 0 bridgehead atoms. The van der Waals surface area contributed by atoms with E-state index in [-0.39, 0.29) is 5.71 Å². The molecule has 6 heteroatoms. The molecule has 2 aromatic rings. The van der Waals surface area contributed by atoms with Crippen LogP contribution in [0, 0.1) is 0 Å². The number of carbonyl (C=O) groups is 1. The summed E-state index contributed by atoms with van der Waals surface area (Å²) in [5.41, 5.74) is 1.05. The predicted octanol–water partition coefficient (Wildman–Crippen LogP) is 0.971. The Hall–Kier alpha value is -2.76. The fourth-order valence-electron chi connectivity index (χ4n) is 1.48. The molecule has 0 aliphatic carbocycles. The molecule has 0 spiro atoms. The smallest absolute Gasteiger partial charge is 0.275 e. The van der Waals surface area contributed by atoms with E-state index in [1.807, 2.05) is 6.07 Å². The molecule has 2 heterocycles. The second-order valence-electron chi connectivity index (χ2n) is 3.71. The van der Waals surface area contributed by atoms with Crippen molar-refractivity contribution in [3.63, 3.8) is 0 Å². The second kappa shape index (κ2) is 6.25. The van der Waals surface area contributed by atoms with Crippen molar-refractivity contribution < 1.29 is 10.0 Å². The van der Waals surface area contributed by atoms with Gasteiger partial charge in [-0.15, -0.1) is 0 Å². The minimum atomic E-state index is -0.495. The van der Waals surface area contributed by atoms with Crippen molar-refractivity contribution in [1.82, 2.24) is 15.3 Å². The summed E-state index contributed by atoms with van der Waals surface area (Å²) in [6, 6.07) is 8.64. The van der Waals surface area contributed by atoms with Crippen molar-refractivity contribution in [3.05, 3.63) is 60.2 Å². The first-order valence-electron chi connectivity index (χ1n) is 5.62. The summed E-state index contributed by atoms with van der Waals surface area (Å²) >= 11 is 0. The molecule has 0 aliphatic rings. The average molecular weight is 256 g/mol. The van der Waals surface area contributed by atoms with Gasteiger partial charge in [-0.25, -0.2) is 0 Å². The Balaban J connectivity index is 2.03. The quantitative estimate of drug-likeness (QED) is 0.485. The van der Waals surface area contributed by atoms with Crippen LogP contribution in [0.5, 0.6) is 0 Å². The van der Waals surface area contributed by atoms with E-state index in [0.717, 1.165) is 5.56 Å². The summed E-state index contributed by atoms with van der Waals surface area (Å²) in [6.45, 7) is 0.304. The number of hydrogen-bond donors (Lipinski definition) is 2. The second-order valence-corrected chi connectivity index (χ2v) is 3.71. The number of aromatic nitrogens is 2. The fraction of sp³-hybridized carbons (Fsp3) is 0.0769. The molecular formula is C13H12N4O2. The highest BCUT2D eigenvalue weighted by molar-refractivity contribution is 6.44. The Morgan fingerprint density at radius 2 is 2.16 bits per heavy atom. The van der Waals surface area contributed by atoms with Gasteiger partial charge in [0.15, 0.2) is 5.71 Å². The Labute approximate surface area is 109 Å². The minimum Gasteiger partial charge on any atom is -0.410 e. The summed E-state index contributed by atoms with van der Waals surface area (Å²) in [4.78, 5) is 19.8. The van der Waals surface area contributed by atoms with Gasteiger partial charge < -0.3 is 10.5 Å². The molecule has 0 unspecified atom stereocenters. The molecule has 0 aromatic carbocycles. The van der Waals surface area contributed by atoms with Crippen LogP contribution in [-0.2, 0) is 11.3 Å². The van der Waals surface area contributed by atoms with Crippen molar-refractivity contribution >= 4 is 11.6 Å². The van der Waals surface area contributed by atoms with Crippen molar-refractivity contribution in [3.8, 4) is 0 Å². The highest BCUT2D eigenvalue weighted by atomic mass is 16.4. The van der Waals surface area contributed by atoms with Crippen LogP contribution in [-0.4, -0.2) is 26.8 Å². The number of hydrogen-bond acceptors (Lipinski definition) is 5. The predicted molar refractivity (Wildman–Crippen MR) is 68.6 cm³/mol. The number of pyridine rings is 2. The van der Waals surface area contributed by atoms with Gasteiger partial charge in [-0.1, -0.05) is 17.3 Å². The van der Waals surface area contributed by atoms with Crippen LogP contribution in [0.15, 0.2) is 54.1 Å². The molecule has 0 saturated carbocycles. The van der Waals surface area contributed by atoms with Crippen molar-refractivity contribution in [2.75, 3.05) is 0 Å². The van der Waals surface area contributed by atoms with E-state index in [1.54, 1.807) is 36.7 Å². The van der Waals surface area contributed by atoms with E-state index in [0.29, 0.717) is 12.2 Å². The van der Waals surface area contributed by atoms with Crippen LogP contribution in [0.4, 0.5) is 0 Å². The van der Waals surface area contributed by atoms with Crippen LogP contribution >= 0.6 is 0 Å². The van der Waals surface area contributed by atoms with Gasteiger partial charge in [0.05, 0.1) is 5.69 Å². The Kier molecular flexibility index (Phi) is 4.17. The van der Waals surface area contributed by atoms with E-state index in [1.165, 1.54) is 6.20 Å². The Morgan fingerprint density at radius 1 is 1.26 bits per heavy atom. The van der Waals surface area contributed by atoms with Crippen LogP contribution in [0.2, 0.25) is 0 Å². The highest BCUT2D eigenvalue weighted by Crippen LogP contribution is 1.99. The van der Waals surface area contributed by atoms with E-state index in [2.05, 4.69) is 20.4 Å². The molecule has 0 fully saturated rings. The number of amides is 1. The molecule has 0 aliphatic heterocycles. The van der Waals surface area contributed by atoms with Gasteiger partial charge >= 0.3 is 0 Å². The molecule has 0 atom stereocenters. The third kappa shape index (κ3) is 3.35. The van der Waals surface area contributed by atoms with Gasteiger partial charge in [0.2, 0.25) is 0 Å². The average Bonchev–Trinajstić information content (AvgIpc) is 2.48. The molecule has 0 saturated heterocycles. The zero-order chi connectivity index (χ0) is 13.5. The van der Waals surface area contributed by atoms with E-state index < -0.39 is 5.91 Å². The number of carbonyl (C=O) groups excluding carboxylic acids is 1. The van der Waals surface area contributed by atoms with E-state index >= 15 is 0 Å². The molecule has 19 heavy (non-hydrogen) atoms. The lowest BCUT2D eigenvalue weighted by Gasteiger charge is -2.05. The topological polar surface area (TPSA) is 87.5 Å².